The van der Waals surface area contributed by atoms with Gasteiger partial charge in [0.25, 0.3) is 11.6 Å². The number of aliphatic hydroxyl groups is 1. The highest BCUT2D eigenvalue weighted by Crippen LogP contribution is 2.42. The Bertz CT molecular complexity index is 2000. The van der Waals surface area contributed by atoms with Crippen molar-refractivity contribution >= 4 is 17.3 Å². The molecule has 0 saturated carbocycles. The van der Waals surface area contributed by atoms with E-state index in [0.717, 1.165) is 71.8 Å². The van der Waals surface area contributed by atoms with Gasteiger partial charge in [-0.05, 0) is 64.2 Å². The second-order valence-corrected chi connectivity index (χ2v) is 13.8. The lowest BCUT2D eigenvalue weighted by molar-refractivity contribution is -0.384. The van der Waals surface area contributed by atoms with Crippen molar-refractivity contribution < 1.29 is 24.3 Å². The van der Waals surface area contributed by atoms with Crippen molar-refractivity contribution in [3.05, 3.63) is 165 Å². The zero-order valence-corrected chi connectivity index (χ0v) is 29.7. The van der Waals surface area contributed by atoms with E-state index in [1.54, 1.807) is 24.3 Å². The molecule has 5 aromatic rings. The van der Waals surface area contributed by atoms with Crippen LogP contribution in [0.25, 0.3) is 11.1 Å². The van der Waals surface area contributed by atoms with E-state index in [4.69, 9.17) is 9.47 Å². The molecule has 7 rings (SSSR count). The molecule has 2 N–H and O–H groups in total. The lowest BCUT2D eigenvalue weighted by atomic mass is 9.89. The molecule has 0 radical (unpaired) electrons. The fourth-order valence-electron chi connectivity index (χ4n) is 7.16. The van der Waals surface area contributed by atoms with Gasteiger partial charge in [0.2, 0.25) is 0 Å². The summed E-state index contributed by atoms with van der Waals surface area (Å²) in [7, 11) is 0. The van der Waals surface area contributed by atoms with E-state index in [-0.39, 0.29) is 41.3 Å². The Hall–Kier alpha value is -5.39. The SMILES string of the molecule is CC1C(CN2CCN(c3ccc([N+](=O)[O-])cc3)CC2)OC(c2cccc(-c3cccc(CNC(=O)c4ccccc4)c3)c2)OC1c1ccc(CO)cc1. The van der Waals surface area contributed by atoms with Gasteiger partial charge in [-0.15, -0.1) is 0 Å². The van der Waals surface area contributed by atoms with Crippen LogP contribution in [0.4, 0.5) is 11.4 Å². The van der Waals surface area contributed by atoms with E-state index in [1.165, 1.54) is 0 Å². The van der Waals surface area contributed by atoms with Crippen molar-refractivity contribution in [2.24, 2.45) is 5.92 Å². The number of benzene rings is 5. The zero-order valence-electron chi connectivity index (χ0n) is 29.7. The highest BCUT2D eigenvalue weighted by Gasteiger charge is 2.39. The number of ether oxygens (including phenoxy) is 2. The summed E-state index contributed by atoms with van der Waals surface area (Å²) in [6.07, 6.45) is -0.955. The monoisotopic (exact) mass is 712 g/mol. The fraction of sp³-hybridized carbons (Fsp3) is 0.279. The summed E-state index contributed by atoms with van der Waals surface area (Å²) in [5, 5.41) is 23.8. The number of aliphatic hydroxyl groups excluding tert-OH is 1. The van der Waals surface area contributed by atoms with Gasteiger partial charge in [0.05, 0.1) is 23.7 Å². The van der Waals surface area contributed by atoms with Gasteiger partial charge in [0, 0.05) is 74.1 Å². The maximum atomic E-state index is 12.7. The smallest absolute Gasteiger partial charge is 0.269 e. The molecule has 2 heterocycles. The van der Waals surface area contributed by atoms with E-state index in [1.807, 2.05) is 78.9 Å². The van der Waals surface area contributed by atoms with E-state index in [2.05, 4.69) is 46.3 Å². The number of carbonyl (C=O) groups is 1. The Morgan fingerprint density at radius 1 is 0.792 bits per heavy atom. The number of nitrogens with zero attached hydrogens (tertiary/aromatic N) is 3. The standard InChI is InChI=1S/C43H44N4O6/c1-30-40(28-45-21-23-46(24-22-45)38-17-19-39(20-18-38)47(50)51)52-43(53-41(30)33-15-13-31(29-48)14-16-33)37-12-6-11-36(26-37)35-10-5-7-32(25-35)27-44-42(49)34-8-3-2-4-9-34/h2-20,25-26,30,40-41,43,48H,21-24,27-29H2,1H3,(H,44,49). The third-order valence-corrected chi connectivity index (χ3v) is 10.3. The second kappa shape index (κ2) is 16.5. The zero-order chi connectivity index (χ0) is 36.7. The average Bonchev–Trinajstić information content (AvgIpc) is 3.21. The number of carbonyl (C=O) groups excluding carboxylic acids is 1. The quantitative estimate of drug-likeness (QED) is 0.108. The molecule has 0 spiro atoms. The van der Waals surface area contributed by atoms with Crippen LogP contribution in [0.5, 0.6) is 0 Å². The van der Waals surface area contributed by atoms with Crippen LogP contribution in [0.15, 0.2) is 127 Å². The summed E-state index contributed by atoms with van der Waals surface area (Å²) in [6, 6.07) is 40.4. The summed E-state index contributed by atoms with van der Waals surface area (Å²) in [5.74, 6) is -0.0646. The normalized spacial score (nSPS) is 20.5. The van der Waals surface area contributed by atoms with Gasteiger partial charge < -0.3 is 24.8 Å². The highest BCUT2D eigenvalue weighted by atomic mass is 16.7. The number of anilines is 1. The molecular weight excluding hydrogens is 668 g/mol. The fourth-order valence-corrected chi connectivity index (χ4v) is 7.16. The first-order valence-corrected chi connectivity index (χ1v) is 18.1. The first-order chi connectivity index (χ1) is 25.8. The largest absolute Gasteiger partial charge is 0.392 e. The highest BCUT2D eigenvalue weighted by molar-refractivity contribution is 5.94. The van der Waals surface area contributed by atoms with Crippen molar-refractivity contribution in [3.8, 4) is 11.1 Å². The van der Waals surface area contributed by atoms with Crippen molar-refractivity contribution in [2.45, 2.75) is 38.6 Å². The number of hydrogen-bond donors (Lipinski definition) is 2. The van der Waals surface area contributed by atoms with Gasteiger partial charge in [-0.3, -0.25) is 19.8 Å². The van der Waals surface area contributed by atoms with Crippen LogP contribution in [0, 0.1) is 16.0 Å². The number of hydrogen-bond acceptors (Lipinski definition) is 8. The number of amides is 1. The second-order valence-electron chi connectivity index (χ2n) is 13.8. The molecule has 2 fully saturated rings. The lowest BCUT2D eigenvalue weighted by Gasteiger charge is -2.44. The number of piperazine rings is 1. The Kier molecular flexibility index (Phi) is 11.2. The van der Waals surface area contributed by atoms with Crippen LogP contribution in [-0.2, 0) is 22.6 Å². The average molecular weight is 713 g/mol. The third kappa shape index (κ3) is 8.64. The Labute approximate surface area is 309 Å². The number of non-ortho nitro benzene ring substituents is 1. The minimum atomic E-state index is -0.603. The summed E-state index contributed by atoms with van der Waals surface area (Å²) in [4.78, 5) is 28.1. The topological polar surface area (TPSA) is 117 Å². The predicted octanol–water partition coefficient (Wildman–Crippen LogP) is 7.30. The van der Waals surface area contributed by atoms with Gasteiger partial charge >= 0.3 is 0 Å². The lowest BCUT2D eigenvalue weighted by Crippen LogP contribution is -2.51. The maximum Gasteiger partial charge on any atom is 0.269 e. The Morgan fingerprint density at radius 2 is 1.49 bits per heavy atom. The summed E-state index contributed by atoms with van der Waals surface area (Å²) >= 11 is 0. The molecule has 2 aliphatic rings. The molecule has 10 nitrogen and oxygen atoms in total. The summed E-state index contributed by atoms with van der Waals surface area (Å²) < 4.78 is 13.6. The molecule has 2 aliphatic heterocycles. The third-order valence-electron chi connectivity index (χ3n) is 10.3. The van der Waals surface area contributed by atoms with E-state index in [9.17, 15) is 20.0 Å². The van der Waals surface area contributed by atoms with Crippen LogP contribution >= 0.6 is 0 Å². The van der Waals surface area contributed by atoms with Crippen molar-refractivity contribution in [2.75, 3.05) is 37.6 Å². The predicted molar refractivity (Wildman–Crippen MR) is 204 cm³/mol. The summed E-state index contributed by atoms with van der Waals surface area (Å²) in [5.41, 5.74) is 7.56. The van der Waals surface area contributed by atoms with E-state index >= 15 is 0 Å². The number of nitro benzene ring substituents is 1. The first kappa shape index (κ1) is 36.0. The molecule has 1 amide bonds. The van der Waals surface area contributed by atoms with Gasteiger partial charge in [0.1, 0.15) is 0 Å². The van der Waals surface area contributed by atoms with E-state index < -0.39 is 6.29 Å². The van der Waals surface area contributed by atoms with Crippen LogP contribution < -0.4 is 10.2 Å². The Morgan fingerprint density at radius 3 is 2.19 bits per heavy atom. The molecule has 2 saturated heterocycles. The molecule has 272 valence electrons. The van der Waals surface area contributed by atoms with Gasteiger partial charge in [-0.25, -0.2) is 0 Å². The minimum absolute atomic E-state index is 0.0189. The minimum Gasteiger partial charge on any atom is -0.392 e. The molecule has 4 unspecified atom stereocenters. The van der Waals surface area contributed by atoms with Crippen molar-refractivity contribution in [1.82, 2.24) is 10.2 Å². The van der Waals surface area contributed by atoms with Crippen LogP contribution in [0.3, 0.4) is 0 Å². The molecule has 4 atom stereocenters. The number of nitrogens with one attached hydrogen (secondary N) is 1. The first-order valence-electron chi connectivity index (χ1n) is 18.1. The molecule has 0 aliphatic carbocycles. The number of rotatable bonds is 11. The molecule has 10 heteroatoms. The molecular formula is C43H44N4O6. The Balaban J connectivity index is 1.07. The van der Waals surface area contributed by atoms with Crippen molar-refractivity contribution in [3.63, 3.8) is 0 Å². The van der Waals surface area contributed by atoms with E-state index in [0.29, 0.717) is 12.1 Å². The van der Waals surface area contributed by atoms with Gasteiger partial charge in [0.15, 0.2) is 6.29 Å². The molecule has 53 heavy (non-hydrogen) atoms. The summed E-state index contributed by atoms with van der Waals surface area (Å²) in [6.45, 7) is 6.59. The van der Waals surface area contributed by atoms with Crippen LogP contribution in [-0.4, -0.2) is 59.7 Å². The maximum absolute atomic E-state index is 12.7. The molecule has 0 bridgehead atoms. The molecule has 0 aromatic heterocycles. The van der Waals surface area contributed by atoms with Crippen molar-refractivity contribution in [1.29, 1.82) is 0 Å². The van der Waals surface area contributed by atoms with Crippen LogP contribution in [0.1, 0.15) is 51.9 Å². The van der Waals surface area contributed by atoms with Gasteiger partial charge in [-0.1, -0.05) is 85.8 Å². The van der Waals surface area contributed by atoms with Gasteiger partial charge in [-0.2, -0.15) is 0 Å². The molecule has 5 aromatic carbocycles. The van der Waals surface area contributed by atoms with Crippen LogP contribution in [0.2, 0.25) is 0 Å². The number of nitro groups is 1.